The number of ether oxygens (including phenoxy) is 1. The van der Waals surface area contributed by atoms with E-state index in [0.717, 1.165) is 54.4 Å². The fourth-order valence-electron chi connectivity index (χ4n) is 4.99. The second kappa shape index (κ2) is 8.89. The van der Waals surface area contributed by atoms with E-state index in [9.17, 15) is 19.5 Å². The molecule has 0 heterocycles. The molecule has 3 aliphatic rings. The van der Waals surface area contributed by atoms with E-state index in [2.05, 4.69) is 22.8 Å². The van der Waals surface area contributed by atoms with Crippen molar-refractivity contribution in [2.24, 2.45) is 11.8 Å². The minimum atomic E-state index is -1.02. The third-order valence-electron chi connectivity index (χ3n) is 7.18. The first-order valence-electron chi connectivity index (χ1n) is 11.7. The Labute approximate surface area is 192 Å². The predicted octanol–water partition coefficient (Wildman–Crippen LogP) is 3.67. The van der Waals surface area contributed by atoms with Crippen LogP contribution in [0.15, 0.2) is 48.5 Å². The number of hydrogen-bond donors (Lipinski definition) is 3. The van der Waals surface area contributed by atoms with Crippen LogP contribution in [0.5, 0.6) is 0 Å². The third-order valence-corrected chi connectivity index (χ3v) is 7.18. The van der Waals surface area contributed by atoms with Gasteiger partial charge in [-0.15, -0.1) is 0 Å². The molecule has 0 radical (unpaired) electrons. The average Bonchev–Trinajstić information content (AvgIpc) is 3.57. The van der Waals surface area contributed by atoms with E-state index in [4.69, 9.17) is 4.74 Å². The molecule has 2 fully saturated rings. The number of alkyl carbamates (subject to hydrolysis) is 1. The molecule has 172 valence electrons. The number of carboxylic acids is 1. The summed E-state index contributed by atoms with van der Waals surface area (Å²) >= 11 is 0. The molecule has 0 bridgehead atoms. The molecule has 2 aromatic rings. The molecule has 33 heavy (non-hydrogen) atoms. The number of hydrogen-bond acceptors (Lipinski definition) is 4. The number of nitrogens with one attached hydrogen (secondary N) is 2. The Morgan fingerprint density at radius 3 is 1.94 bits per heavy atom. The van der Waals surface area contributed by atoms with Gasteiger partial charge in [0.2, 0.25) is 5.91 Å². The van der Waals surface area contributed by atoms with Crippen molar-refractivity contribution in [2.75, 3.05) is 6.61 Å². The highest BCUT2D eigenvalue weighted by Gasteiger charge is 2.41. The quantitative estimate of drug-likeness (QED) is 0.572. The standard InChI is InChI=1S/C26H28N2O5/c29-24(27-23(25(30)31)15-6-5-7-15)22(16-12-13-16)28-26(32)33-14-21-19-10-3-1-8-17(19)18-9-2-4-11-20(18)21/h1-4,8-11,15-16,21-23H,5-7,12-14H2,(H,27,29)(H,28,32)(H,30,31). The fourth-order valence-corrected chi connectivity index (χ4v) is 4.99. The van der Waals surface area contributed by atoms with Gasteiger partial charge < -0.3 is 20.5 Å². The number of amides is 2. The lowest BCUT2D eigenvalue weighted by Crippen LogP contribution is -2.55. The van der Waals surface area contributed by atoms with E-state index >= 15 is 0 Å². The highest BCUT2D eigenvalue weighted by atomic mass is 16.5. The topological polar surface area (TPSA) is 105 Å². The first-order chi connectivity index (χ1) is 16.0. The number of fused-ring (bicyclic) bond motifs is 3. The van der Waals surface area contributed by atoms with Crippen LogP contribution < -0.4 is 10.6 Å². The highest BCUT2D eigenvalue weighted by molar-refractivity contribution is 5.90. The van der Waals surface area contributed by atoms with Crippen molar-refractivity contribution >= 4 is 18.0 Å². The van der Waals surface area contributed by atoms with Crippen LogP contribution in [0.1, 0.15) is 49.1 Å². The highest BCUT2D eigenvalue weighted by Crippen LogP contribution is 2.44. The lowest BCUT2D eigenvalue weighted by Gasteiger charge is -2.32. The molecule has 7 heteroatoms. The maximum absolute atomic E-state index is 12.9. The van der Waals surface area contributed by atoms with Gasteiger partial charge >= 0.3 is 12.1 Å². The van der Waals surface area contributed by atoms with Crippen LogP contribution in [0.4, 0.5) is 4.79 Å². The van der Waals surface area contributed by atoms with Gasteiger partial charge in [0.25, 0.3) is 0 Å². The van der Waals surface area contributed by atoms with E-state index in [0.29, 0.717) is 0 Å². The van der Waals surface area contributed by atoms with E-state index in [1.807, 2.05) is 36.4 Å². The lowest BCUT2D eigenvalue weighted by atomic mass is 9.79. The Hall–Kier alpha value is -3.35. The first kappa shape index (κ1) is 21.5. The summed E-state index contributed by atoms with van der Waals surface area (Å²) < 4.78 is 5.58. The molecule has 0 saturated heterocycles. The van der Waals surface area contributed by atoms with Crippen molar-refractivity contribution in [3.8, 4) is 11.1 Å². The Morgan fingerprint density at radius 2 is 1.42 bits per heavy atom. The molecular weight excluding hydrogens is 420 g/mol. The summed E-state index contributed by atoms with van der Waals surface area (Å²) in [6, 6.07) is 14.5. The van der Waals surface area contributed by atoms with Crippen molar-refractivity contribution in [1.82, 2.24) is 10.6 Å². The van der Waals surface area contributed by atoms with Gasteiger partial charge in [0.05, 0.1) is 0 Å². The molecule has 5 rings (SSSR count). The van der Waals surface area contributed by atoms with Gasteiger partial charge in [0, 0.05) is 5.92 Å². The van der Waals surface area contributed by atoms with E-state index in [-0.39, 0.29) is 24.4 Å². The smallest absolute Gasteiger partial charge is 0.407 e. The van der Waals surface area contributed by atoms with E-state index < -0.39 is 30.1 Å². The van der Waals surface area contributed by atoms with Gasteiger partial charge in [-0.25, -0.2) is 9.59 Å². The Kier molecular flexibility index (Phi) is 5.79. The zero-order valence-corrected chi connectivity index (χ0v) is 18.3. The number of rotatable bonds is 8. The van der Waals surface area contributed by atoms with Gasteiger partial charge in [-0.1, -0.05) is 55.0 Å². The summed E-state index contributed by atoms with van der Waals surface area (Å²) in [6.45, 7) is 0.165. The van der Waals surface area contributed by atoms with Crippen LogP contribution in [0.2, 0.25) is 0 Å². The predicted molar refractivity (Wildman–Crippen MR) is 122 cm³/mol. The number of carbonyl (C=O) groups is 3. The van der Waals surface area contributed by atoms with Crippen molar-refractivity contribution in [3.05, 3.63) is 59.7 Å². The number of aliphatic carboxylic acids is 1. The largest absolute Gasteiger partial charge is 0.480 e. The second-order valence-electron chi connectivity index (χ2n) is 9.30. The van der Waals surface area contributed by atoms with Gasteiger partial charge in [-0.2, -0.15) is 0 Å². The molecule has 7 nitrogen and oxygen atoms in total. The van der Waals surface area contributed by atoms with Crippen molar-refractivity contribution in [2.45, 2.75) is 50.1 Å². The summed E-state index contributed by atoms with van der Waals surface area (Å²) in [4.78, 5) is 37.1. The molecule has 2 saturated carbocycles. The van der Waals surface area contributed by atoms with Crippen LogP contribution in [0.3, 0.4) is 0 Å². The average molecular weight is 449 g/mol. The molecule has 0 aliphatic heterocycles. The minimum Gasteiger partial charge on any atom is -0.480 e. The minimum absolute atomic E-state index is 0.0151. The Bertz CT molecular complexity index is 1030. The van der Waals surface area contributed by atoms with Crippen molar-refractivity contribution in [1.29, 1.82) is 0 Å². The van der Waals surface area contributed by atoms with Crippen LogP contribution in [0, 0.1) is 11.8 Å². The Balaban J connectivity index is 1.23. The van der Waals surface area contributed by atoms with Gasteiger partial charge in [-0.05, 0) is 59.8 Å². The molecular formula is C26H28N2O5. The second-order valence-corrected chi connectivity index (χ2v) is 9.30. The third kappa shape index (κ3) is 4.32. The van der Waals surface area contributed by atoms with Gasteiger partial charge in [0.1, 0.15) is 18.7 Å². The first-order valence-corrected chi connectivity index (χ1v) is 11.7. The number of carboxylic acid groups (broad SMARTS) is 1. The maximum Gasteiger partial charge on any atom is 0.407 e. The number of benzene rings is 2. The monoisotopic (exact) mass is 448 g/mol. The zero-order chi connectivity index (χ0) is 22.9. The zero-order valence-electron chi connectivity index (χ0n) is 18.3. The molecule has 2 unspecified atom stereocenters. The van der Waals surface area contributed by atoms with Gasteiger partial charge in [0.15, 0.2) is 0 Å². The molecule has 0 spiro atoms. The Morgan fingerprint density at radius 1 is 0.848 bits per heavy atom. The van der Waals surface area contributed by atoms with Crippen LogP contribution in [0.25, 0.3) is 11.1 Å². The molecule has 3 N–H and O–H groups in total. The van der Waals surface area contributed by atoms with E-state index in [1.165, 1.54) is 0 Å². The SMILES string of the molecule is O=C(NC(C(=O)NC(C(=O)O)C1CCC1)C1CC1)OCC1c2ccccc2-c2ccccc21. The summed E-state index contributed by atoms with van der Waals surface area (Å²) in [5.74, 6) is -1.55. The summed E-state index contributed by atoms with van der Waals surface area (Å²) in [5.41, 5.74) is 4.53. The van der Waals surface area contributed by atoms with Crippen molar-refractivity contribution in [3.63, 3.8) is 0 Å². The summed E-state index contributed by atoms with van der Waals surface area (Å²) in [5, 5.41) is 14.9. The van der Waals surface area contributed by atoms with Crippen LogP contribution in [-0.4, -0.2) is 41.8 Å². The van der Waals surface area contributed by atoms with Crippen molar-refractivity contribution < 1.29 is 24.2 Å². The fraction of sp³-hybridized carbons (Fsp3) is 0.423. The number of carbonyl (C=O) groups excluding carboxylic acids is 2. The molecule has 0 aromatic heterocycles. The van der Waals surface area contributed by atoms with Crippen LogP contribution in [-0.2, 0) is 14.3 Å². The normalized spacial score (nSPS) is 18.9. The molecule has 2 atom stereocenters. The van der Waals surface area contributed by atoms with Gasteiger partial charge in [-0.3, -0.25) is 4.79 Å². The summed E-state index contributed by atoms with van der Waals surface area (Å²) in [7, 11) is 0. The van der Waals surface area contributed by atoms with Crippen LogP contribution >= 0.6 is 0 Å². The summed E-state index contributed by atoms with van der Waals surface area (Å²) in [6.07, 6.45) is 3.57. The van der Waals surface area contributed by atoms with E-state index in [1.54, 1.807) is 0 Å². The lowest BCUT2D eigenvalue weighted by molar-refractivity contribution is -0.144. The molecule has 2 aromatic carbocycles. The maximum atomic E-state index is 12.9. The molecule has 3 aliphatic carbocycles. The molecule has 2 amide bonds.